The Morgan fingerprint density at radius 1 is 1.19 bits per heavy atom. The zero-order valence-electron chi connectivity index (χ0n) is 13.2. The van der Waals surface area contributed by atoms with Crippen LogP contribution in [0, 0.1) is 13.8 Å². The SMILES string of the molecule is Cc1ccc2cc(CCCN)c(N3CCCC3)nc2c1C. The lowest BCUT2D eigenvalue weighted by atomic mass is 10.0. The Labute approximate surface area is 127 Å². The van der Waals surface area contributed by atoms with Crippen molar-refractivity contribution in [2.75, 3.05) is 24.5 Å². The number of fused-ring (bicyclic) bond motifs is 1. The zero-order valence-corrected chi connectivity index (χ0v) is 13.2. The number of anilines is 1. The van der Waals surface area contributed by atoms with E-state index in [2.05, 4.69) is 36.9 Å². The maximum Gasteiger partial charge on any atom is 0.132 e. The van der Waals surface area contributed by atoms with Crippen LogP contribution < -0.4 is 10.6 Å². The lowest BCUT2D eigenvalue weighted by Crippen LogP contribution is -2.21. The summed E-state index contributed by atoms with van der Waals surface area (Å²) in [5.41, 5.74) is 10.8. The number of hydrogen-bond donors (Lipinski definition) is 1. The number of hydrogen-bond acceptors (Lipinski definition) is 3. The van der Waals surface area contributed by atoms with Crippen LogP contribution in [-0.2, 0) is 6.42 Å². The van der Waals surface area contributed by atoms with Crippen molar-refractivity contribution in [3.63, 3.8) is 0 Å². The van der Waals surface area contributed by atoms with Gasteiger partial charge in [0, 0.05) is 18.5 Å². The van der Waals surface area contributed by atoms with E-state index in [1.54, 1.807) is 0 Å². The second-order valence-corrected chi connectivity index (χ2v) is 6.14. The molecule has 1 aromatic carbocycles. The van der Waals surface area contributed by atoms with Crippen molar-refractivity contribution >= 4 is 16.7 Å². The molecular weight excluding hydrogens is 258 g/mol. The van der Waals surface area contributed by atoms with Crippen LogP contribution in [0.3, 0.4) is 0 Å². The third kappa shape index (κ3) is 2.75. The molecule has 3 rings (SSSR count). The van der Waals surface area contributed by atoms with E-state index in [9.17, 15) is 0 Å². The first kappa shape index (κ1) is 14.3. The van der Waals surface area contributed by atoms with E-state index < -0.39 is 0 Å². The normalized spacial score (nSPS) is 15.1. The Morgan fingerprint density at radius 3 is 2.67 bits per heavy atom. The number of pyridine rings is 1. The zero-order chi connectivity index (χ0) is 14.8. The van der Waals surface area contributed by atoms with Crippen LogP contribution in [0.5, 0.6) is 0 Å². The fraction of sp³-hybridized carbons (Fsp3) is 0.500. The molecule has 1 fully saturated rings. The molecule has 3 heteroatoms. The van der Waals surface area contributed by atoms with Crippen LogP contribution >= 0.6 is 0 Å². The van der Waals surface area contributed by atoms with Crippen molar-refractivity contribution in [3.8, 4) is 0 Å². The van der Waals surface area contributed by atoms with Gasteiger partial charge in [0.1, 0.15) is 5.82 Å². The highest BCUT2D eigenvalue weighted by molar-refractivity contribution is 5.85. The molecule has 0 saturated carbocycles. The molecule has 21 heavy (non-hydrogen) atoms. The van der Waals surface area contributed by atoms with Gasteiger partial charge in [0.2, 0.25) is 0 Å². The molecule has 0 unspecified atom stereocenters. The number of rotatable bonds is 4. The molecule has 0 radical (unpaired) electrons. The fourth-order valence-corrected chi connectivity index (χ4v) is 3.20. The Hall–Kier alpha value is -1.61. The molecule has 2 aromatic rings. The predicted molar refractivity (Wildman–Crippen MR) is 90.0 cm³/mol. The summed E-state index contributed by atoms with van der Waals surface area (Å²) in [6.07, 6.45) is 4.61. The van der Waals surface area contributed by atoms with E-state index in [-0.39, 0.29) is 0 Å². The third-order valence-electron chi connectivity index (χ3n) is 4.62. The number of nitrogens with two attached hydrogens (primary N) is 1. The molecule has 2 heterocycles. The molecule has 1 aliphatic heterocycles. The standard InChI is InChI=1S/C18H25N3/c1-13-7-8-15-12-16(6-5-9-19)18(20-17(15)14(13)2)21-10-3-4-11-21/h7-8,12H,3-6,9-11,19H2,1-2H3. The van der Waals surface area contributed by atoms with Crippen LogP contribution in [0.4, 0.5) is 5.82 Å². The van der Waals surface area contributed by atoms with Gasteiger partial charge in [-0.3, -0.25) is 0 Å². The molecule has 0 atom stereocenters. The Bertz CT molecular complexity index is 642. The van der Waals surface area contributed by atoms with Crippen molar-refractivity contribution in [1.82, 2.24) is 4.98 Å². The van der Waals surface area contributed by atoms with Gasteiger partial charge in [-0.15, -0.1) is 0 Å². The first-order chi connectivity index (χ1) is 10.2. The maximum absolute atomic E-state index is 5.70. The van der Waals surface area contributed by atoms with E-state index in [1.165, 1.54) is 40.7 Å². The first-order valence-corrected chi connectivity index (χ1v) is 8.05. The van der Waals surface area contributed by atoms with Crippen LogP contribution in [-0.4, -0.2) is 24.6 Å². The van der Waals surface area contributed by atoms with E-state index in [4.69, 9.17) is 10.7 Å². The van der Waals surface area contributed by atoms with Gasteiger partial charge in [0.25, 0.3) is 0 Å². The highest BCUT2D eigenvalue weighted by Gasteiger charge is 2.18. The Kier molecular flexibility index (Phi) is 4.11. The molecule has 0 amide bonds. The monoisotopic (exact) mass is 283 g/mol. The number of aryl methyl sites for hydroxylation is 3. The topological polar surface area (TPSA) is 42.1 Å². The maximum atomic E-state index is 5.70. The summed E-state index contributed by atoms with van der Waals surface area (Å²) >= 11 is 0. The summed E-state index contributed by atoms with van der Waals surface area (Å²) in [5, 5.41) is 1.26. The fourth-order valence-electron chi connectivity index (χ4n) is 3.20. The first-order valence-electron chi connectivity index (χ1n) is 8.05. The minimum atomic E-state index is 0.740. The molecule has 3 nitrogen and oxygen atoms in total. The predicted octanol–water partition coefficient (Wildman–Crippen LogP) is 3.34. The summed E-state index contributed by atoms with van der Waals surface area (Å²) in [5.74, 6) is 1.20. The minimum Gasteiger partial charge on any atom is -0.356 e. The number of nitrogens with zero attached hydrogens (tertiary/aromatic N) is 2. The van der Waals surface area contributed by atoms with Gasteiger partial charge in [-0.05, 0) is 68.8 Å². The van der Waals surface area contributed by atoms with Crippen molar-refractivity contribution < 1.29 is 0 Å². The molecule has 0 bridgehead atoms. The van der Waals surface area contributed by atoms with E-state index in [0.717, 1.165) is 38.0 Å². The Morgan fingerprint density at radius 2 is 1.95 bits per heavy atom. The molecule has 1 saturated heterocycles. The van der Waals surface area contributed by atoms with Crippen LogP contribution in [0.2, 0.25) is 0 Å². The van der Waals surface area contributed by atoms with Gasteiger partial charge >= 0.3 is 0 Å². The molecule has 0 aliphatic carbocycles. The third-order valence-corrected chi connectivity index (χ3v) is 4.62. The largest absolute Gasteiger partial charge is 0.356 e. The highest BCUT2D eigenvalue weighted by atomic mass is 15.2. The molecule has 112 valence electrons. The van der Waals surface area contributed by atoms with Gasteiger partial charge < -0.3 is 10.6 Å². The van der Waals surface area contributed by atoms with Gasteiger partial charge in [-0.1, -0.05) is 12.1 Å². The highest BCUT2D eigenvalue weighted by Crippen LogP contribution is 2.29. The van der Waals surface area contributed by atoms with Crippen molar-refractivity contribution in [2.24, 2.45) is 5.73 Å². The van der Waals surface area contributed by atoms with Crippen LogP contribution in [0.1, 0.15) is 36.0 Å². The van der Waals surface area contributed by atoms with Gasteiger partial charge in [0.05, 0.1) is 5.52 Å². The summed E-state index contributed by atoms with van der Waals surface area (Å²) < 4.78 is 0. The quantitative estimate of drug-likeness (QED) is 0.935. The summed E-state index contributed by atoms with van der Waals surface area (Å²) in [6, 6.07) is 6.73. The van der Waals surface area contributed by atoms with Crippen molar-refractivity contribution in [3.05, 3.63) is 34.9 Å². The molecule has 1 aliphatic rings. The average molecular weight is 283 g/mol. The molecule has 1 aromatic heterocycles. The minimum absolute atomic E-state index is 0.740. The van der Waals surface area contributed by atoms with Gasteiger partial charge in [-0.2, -0.15) is 0 Å². The molecule has 0 spiro atoms. The molecular formula is C18H25N3. The lowest BCUT2D eigenvalue weighted by molar-refractivity contribution is 0.818. The van der Waals surface area contributed by atoms with Crippen LogP contribution in [0.15, 0.2) is 18.2 Å². The summed E-state index contributed by atoms with van der Waals surface area (Å²) in [4.78, 5) is 7.51. The average Bonchev–Trinajstić information content (AvgIpc) is 3.02. The second kappa shape index (κ2) is 6.02. The summed E-state index contributed by atoms with van der Waals surface area (Å²) in [7, 11) is 0. The van der Waals surface area contributed by atoms with Gasteiger partial charge in [0.15, 0.2) is 0 Å². The van der Waals surface area contributed by atoms with E-state index in [0.29, 0.717) is 0 Å². The van der Waals surface area contributed by atoms with Crippen molar-refractivity contribution in [2.45, 2.75) is 39.5 Å². The van der Waals surface area contributed by atoms with E-state index in [1.807, 2.05) is 0 Å². The lowest BCUT2D eigenvalue weighted by Gasteiger charge is -2.21. The van der Waals surface area contributed by atoms with Crippen LogP contribution in [0.25, 0.3) is 10.9 Å². The van der Waals surface area contributed by atoms with Crippen molar-refractivity contribution in [1.29, 1.82) is 0 Å². The van der Waals surface area contributed by atoms with E-state index >= 15 is 0 Å². The van der Waals surface area contributed by atoms with Gasteiger partial charge in [-0.25, -0.2) is 4.98 Å². The summed E-state index contributed by atoms with van der Waals surface area (Å²) in [6.45, 7) is 7.36. The number of aromatic nitrogens is 1. The Balaban J connectivity index is 2.12. The molecule has 2 N–H and O–H groups in total. The number of benzene rings is 1. The smallest absolute Gasteiger partial charge is 0.132 e. The second-order valence-electron chi connectivity index (χ2n) is 6.14.